The molecule has 0 aliphatic heterocycles. The zero-order valence-corrected chi connectivity index (χ0v) is 14.5. The fourth-order valence-corrected chi connectivity index (χ4v) is 2.77. The first-order chi connectivity index (χ1) is 11.4. The lowest BCUT2D eigenvalue weighted by Crippen LogP contribution is -2.33. The highest BCUT2D eigenvalue weighted by molar-refractivity contribution is 5.96. The highest BCUT2D eigenvalue weighted by Crippen LogP contribution is 2.32. The maximum atomic E-state index is 12.3. The molecule has 1 unspecified atom stereocenters. The van der Waals surface area contributed by atoms with Gasteiger partial charge in [0.25, 0.3) is 0 Å². The van der Waals surface area contributed by atoms with E-state index in [1.165, 1.54) is 5.56 Å². The molecule has 0 radical (unpaired) electrons. The SMILES string of the molecule is CC(C)(C)C(NCCC(=O)c1ccc(C#N)cc1)c1ccccc1. The Morgan fingerprint density at radius 2 is 1.71 bits per heavy atom. The van der Waals surface area contributed by atoms with Crippen LogP contribution in [0.4, 0.5) is 0 Å². The van der Waals surface area contributed by atoms with Gasteiger partial charge in [-0.1, -0.05) is 63.2 Å². The van der Waals surface area contributed by atoms with Gasteiger partial charge in [0.05, 0.1) is 11.6 Å². The van der Waals surface area contributed by atoms with Gasteiger partial charge >= 0.3 is 0 Å². The molecule has 0 saturated carbocycles. The fraction of sp³-hybridized carbons (Fsp3) is 0.333. The van der Waals surface area contributed by atoms with Crippen LogP contribution in [-0.2, 0) is 0 Å². The van der Waals surface area contributed by atoms with Gasteiger partial charge in [-0.15, -0.1) is 0 Å². The van der Waals surface area contributed by atoms with Crippen LogP contribution < -0.4 is 5.32 Å². The second-order valence-corrected chi connectivity index (χ2v) is 7.03. The van der Waals surface area contributed by atoms with Crippen LogP contribution in [0.3, 0.4) is 0 Å². The van der Waals surface area contributed by atoms with Crippen molar-refractivity contribution in [2.24, 2.45) is 5.41 Å². The first kappa shape index (κ1) is 17.9. The van der Waals surface area contributed by atoms with E-state index in [-0.39, 0.29) is 17.2 Å². The first-order valence-corrected chi connectivity index (χ1v) is 8.23. The number of nitriles is 1. The Labute approximate surface area is 144 Å². The van der Waals surface area contributed by atoms with Crippen LogP contribution in [-0.4, -0.2) is 12.3 Å². The summed E-state index contributed by atoms with van der Waals surface area (Å²) in [5.74, 6) is 0.0905. The Hall–Kier alpha value is -2.44. The van der Waals surface area contributed by atoms with Gasteiger partial charge in [0.2, 0.25) is 0 Å². The Bertz CT molecular complexity index is 706. The van der Waals surface area contributed by atoms with E-state index in [1.54, 1.807) is 24.3 Å². The zero-order valence-electron chi connectivity index (χ0n) is 14.5. The quantitative estimate of drug-likeness (QED) is 0.797. The number of carbonyl (C=O) groups excluding carboxylic acids is 1. The summed E-state index contributed by atoms with van der Waals surface area (Å²) in [7, 11) is 0. The highest BCUT2D eigenvalue weighted by atomic mass is 16.1. The molecule has 1 N–H and O–H groups in total. The van der Waals surface area contributed by atoms with E-state index in [4.69, 9.17) is 5.26 Å². The number of ketones is 1. The van der Waals surface area contributed by atoms with E-state index >= 15 is 0 Å². The Kier molecular flexibility index (Phi) is 5.89. The van der Waals surface area contributed by atoms with E-state index in [0.717, 1.165) is 0 Å². The molecule has 24 heavy (non-hydrogen) atoms. The van der Waals surface area contributed by atoms with E-state index < -0.39 is 0 Å². The molecule has 0 aliphatic carbocycles. The Morgan fingerprint density at radius 3 is 2.25 bits per heavy atom. The summed E-state index contributed by atoms with van der Waals surface area (Å²) in [6.45, 7) is 7.20. The molecule has 2 aromatic carbocycles. The Balaban J connectivity index is 1.97. The average molecular weight is 320 g/mol. The molecule has 0 aliphatic rings. The highest BCUT2D eigenvalue weighted by Gasteiger charge is 2.25. The van der Waals surface area contributed by atoms with Crippen LogP contribution in [0.1, 0.15) is 54.7 Å². The molecule has 3 nitrogen and oxygen atoms in total. The summed E-state index contributed by atoms with van der Waals surface area (Å²) in [5, 5.41) is 12.3. The third-order valence-corrected chi connectivity index (χ3v) is 4.04. The minimum Gasteiger partial charge on any atom is -0.309 e. The van der Waals surface area contributed by atoms with Crippen LogP contribution in [0.25, 0.3) is 0 Å². The molecule has 0 heterocycles. The number of benzene rings is 2. The number of hydrogen-bond acceptors (Lipinski definition) is 3. The van der Waals surface area contributed by atoms with Crippen molar-refractivity contribution >= 4 is 5.78 Å². The van der Waals surface area contributed by atoms with Crippen LogP contribution in [0.15, 0.2) is 54.6 Å². The van der Waals surface area contributed by atoms with Crippen LogP contribution in [0, 0.1) is 16.7 Å². The van der Waals surface area contributed by atoms with Crippen LogP contribution >= 0.6 is 0 Å². The lowest BCUT2D eigenvalue weighted by molar-refractivity contribution is 0.0978. The van der Waals surface area contributed by atoms with Crippen molar-refractivity contribution in [1.29, 1.82) is 5.26 Å². The van der Waals surface area contributed by atoms with E-state index in [2.05, 4.69) is 44.3 Å². The van der Waals surface area contributed by atoms with Crippen molar-refractivity contribution in [1.82, 2.24) is 5.32 Å². The molecule has 0 amide bonds. The molecule has 0 bridgehead atoms. The van der Waals surface area contributed by atoms with E-state index in [0.29, 0.717) is 24.1 Å². The number of nitrogens with zero attached hydrogens (tertiary/aromatic N) is 1. The third-order valence-electron chi connectivity index (χ3n) is 4.04. The standard InChI is InChI=1S/C21H24N2O/c1-21(2,3)20(18-7-5-4-6-8-18)23-14-13-19(24)17-11-9-16(15-22)10-12-17/h4-12,20,23H,13-14H2,1-3H3. The topological polar surface area (TPSA) is 52.9 Å². The third kappa shape index (κ3) is 4.78. The summed E-state index contributed by atoms with van der Waals surface area (Å²) in [4.78, 5) is 12.3. The fourth-order valence-electron chi connectivity index (χ4n) is 2.77. The van der Waals surface area contributed by atoms with Crippen molar-refractivity contribution in [3.05, 3.63) is 71.3 Å². The van der Waals surface area contributed by atoms with Gasteiger partial charge in [-0.25, -0.2) is 0 Å². The summed E-state index contributed by atoms with van der Waals surface area (Å²) in [5.41, 5.74) is 2.51. The summed E-state index contributed by atoms with van der Waals surface area (Å²) in [6, 6.07) is 19.4. The van der Waals surface area contributed by atoms with Gasteiger partial charge in [-0.3, -0.25) is 4.79 Å². The van der Waals surface area contributed by atoms with Crippen molar-refractivity contribution in [2.75, 3.05) is 6.54 Å². The molecule has 0 spiro atoms. The van der Waals surface area contributed by atoms with E-state index in [9.17, 15) is 4.79 Å². The van der Waals surface area contributed by atoms with Crippen molar-refractivity contribution in [3.63, 3.8) is 0 Å². The normalized spacial score (nSPS) is 12.4. The van der Waals surface area contributed by atoms with Crippen LogP contribution in [0.5, 0.6) is 0 Å². The number of rotatable bonds is 6. The van der Waals surface area contributed by atoms with Crippen molar-refractivity contribution < 1.29 is 4.79 Å². The van der Waals surface area contributed by atoms with Gasteiger partial charge in [-0.05, 0) is 23.1 Å². The van der Waals surface area contributed by atoms with Gasteiger partial charge < -0.3 is 5.32 Å². The number of carbonyl (C=O) groups is 1. The van der Waals surface area contributed by atoms with Gasteiger partial charge in [0.1, 0.15) is 0 Å². The van der Waals surface area contributed by atoms with Crippen LogP contribution in [0.2, 0.25) is 0 Å². The molecule has 0 saturated heterocycles. The van der Waals surface area contributed by atoms with Gasteiger partial charge in [0.15, 0.2) is 5.78 Å². The largest absolute Gasteiger partial charge is 0.309 e. The molecule has 2 aromatic rings. The number of nitrogens with one attached hydrogen (secondary N) is 1. The molecule has 3 heteroatoms. The van der Waals surface area contributed by atoms with Crippen molar-refractivity contribution in [3.8, 4) is 6.07 Å². The Morgan fingerprint density at radius 1 is 1.08 bits per heavy atom. The molecule has 124 valence electrons. The monoisotopic (exact) mass is 320 g/mol. The molecular weight excluding hydrogens is 296 g/mol. The molecular formula is C21H24N2O. The van der Waals surface area contributed by atoms with Crippen molar-refractivity contribution in [2.45, 2.75) is 33.2 Å². The maximum absolute atomic E-state index is 12.3. The summed E-state index contributed by atoms with van der Waals surface area (Å²) < 4.78 is 0. The second-order valence-electron chi connectivity index (χ2n) is 7.03. The summed E-state index contributed by atoms with van der Waals surface area (Å²) in [6.07, 6.45) is 0.436. The number of hydrogen-bond donors (Lipinski definition) is 1. The average Bonchev–Trinajstić information content (AvgIpc) is 2.58. The minimum absolute atomic E-state index is 0.0544. The minimum atomic E-state index is 0.0544. The molecule has 2 rings (SSSR count). The zero-order chi connectivity index (χ0) is 17.6. The number of Topliss-reactive ketones (excluding diaryl/α,β-unsaturated/α-hetero) is 1. The smallest absolute Gasteiger partial charge is 0.164 e. The lowest BCUT2D eigenvalue weighted by Gasteiger charge is -2.32. The predicted octanol–water partition coefficient (Wildman–Crippen LogP) is 4.51. The first-order valence-electron chi connectivity index (χ1n) is 8.23. The van der Waals surface area contributed by atoms with Gasteiger partial charge in [-0.2, -0.15) is 5.26 Å². The second kappa shape index (κ2) is 7.90. The maximum Gasteiger partial charge on any atom is 0.164 e. The lowest BCUT2D eigenvalue weighted by atomic mass is 9.82. The summed E-state index contributed by atoms with van der Waals surface area (Å²) >= 11 is 0. The molecule has 0 aromatic heterocycles. The molecule has 1 atom stereocenters. The van der Waals surface area contributed by atoms with E-state index in [1.807, 2.05) is 18.2 Å². The molecule has 0 fully saturated rings. The predicted molar refractivity (Wildman–Crippen MR) is 96.7 cm³/mol. The van der Waals surface area contributed by atoms with Gasteiger partial charge in [0, 0.05) is 24.6 Å².